The molecule has 0 aliphatic carbocycles. The van der Waals surface area contributed by atoms with Gasteiger partial charge in [-0.2, -0.15) is 5.10 Å². The van der Waals surface area contributed by atoms with E-state index in [1.165, 1.54) is 6.33 Å². The Labute approximate surface area is 86.2 Å². The lowest BCUT2D eigenvalue weighted by Gasteiger charge is -2.02. The molecule has 1 heterocycles. The van der Waals surface area contributed by atoms with Crippen LogP contribution in [0.4, 0.5) is 0 Å². The van der Waals surface area contributed by atoms with Gasteiger partial charge in [0.2, 0.25) is 0 Å². The van der Waals surface area contributed by atoms with Crippen LogP contribution >= 0.6 is 0 Å². The van der Waals surface area contributed by atoms with Crippen LogP contribution in [0.1, 0.15) is 19.2 Å². The highest BCUT2D eigenvalue weighted by Crippen LogP contribution is 2.00. The zero-order valence-electron chi connectivity index (χ0n) is 8.35. The lowest BCUT2D eigenvalue weighted by molar-refractivity contribution is 0.626. The summed E-state index contributed by atoms with van der Waals surface area (Å²) < 4.78 is 13.3. The Morgan fingerprint density at radius 3 is 3.07 bits per heavy atom. The molecule has 0 saturated carbocycles. The second kappa shape index (κ2) is 5.87. The average molecular weight is 216 g/mol. The van der Waals surface area contributed by atoms with Gasteiger partial charge < -0.3 is 5.73 Å². The van der Waals surface area contributed by atoms with E-state index in [4.69, 9.17) is 5.73 Å². The molecule has 1 atom stereocenters. The Hall–Kier alpha value is -0.750. The van der Waals surface area contributed by atoms with Crippen LogP contribution in [0.25, 0.3) is 0 Å². The summed E-state index contributed by atoms with van der Waals surface area (Å²) in [6.07, 6.45) is 2.30. The van der Waals surface area contributed by atoms with Gasteiger partial charge in [0.15, 0.2) is 0 Å². The van der Waals surface area contributed by atoms with Crippen molar-refractivity contribution in [2.24, 2.45) is 5.73 Å². The van der Waals surface area contributed by atoms with Crippen LogP contribution in [0, 0.1) is 0 Å². The molecule has 0 aromatic carbocycles. The minimum atomic E-state index is -0.864. The zero-order valence-corrected chi connectivity index (χ0v) is 9.16. The Morgan fingerprint density at radius 1 is 1.64 bits per heavy atom. The summed E-state index contributed by atoms with van der Waals surface area (Å²) >= 11 is 0. The van der Waals surface area contributed by atoms with E-state index < -0.39 is 10.8 Å². The Morgan fingerprint density at radius 2 is 2.43 bits per heavy atom. The second-order valence-electron chi connectivity index (χ2n) is 2.92. The van der Waals surface area contributed by atoms with Crippen LogP contribution in [-0.2, 0) is 23.1 Å². The van der Waals surface area contributed by atoms with Gasteiger partial charge in [0.05, 0.1) is 5.75 Å². The smallest absolute Gasteiger partial charge is 0.139 e. The van der Waals surface area contributed by atoms with Crippen LogP contribution in [0.15, 0.2) is 6.33 Å². The fraction of sp³-hybridized carbons (Fsp3) is 0.750. The first-order valence-electron chi connectivity index (χ1n) is 4.69. The van der Waals surface area contributed by atoms with Crippen molar-refractivity contribution in [3.8, 4) is 0 Å². The summed E-state index contributed by atoms with van der Waals surface area (Å²) in [6, 6.07) is 0. The molecule has 1 aromatic heterocycles. The summed E-state index contributed by atoms with van der Waals surface area (Å²) in [5, 5.41) is 4.01. The molecule has 0 saturated heterocycles. The maximum atomic E-state index is 11.5. The molecule has 0 aliphatic rings. The van der Waals surface area contributed by atoms with Crippen molar-refractivity contribution < 1.29 is 4.21 Å². The van der Waals surface area contributed by atoms with Gasteiger partial charge in [-0.3, -0.25) is 4.21 Å². The number of nitrogens with two attached hydrogens (primary N) is 1. The van der Waals surface area contributed by atoms with Crippen LogP contribution in [0.5, 0.6) is 0 Å². The molecule has 2 N–H and O–H groups in total. The molecule has 6 heteroatoms. The molecular formula is C8H16N4OS. The van der Waals surface area contributed by atoms with Crippen LogP contribution in [0.3, 0.4) is 0 Å². The number of hydrogen-bond acceptors (Lipinski definition) is 4. The third-order valence-corrected chi connectivity index (χ3v) is 3.19. The van der Waals surface area contributed by atoms with Gasteiger partial charge >= 0.3 is 0 Å². The zero-order chi connectivity index (χ0) is 10.4. The number of aromatic nitrogens is 3. The van der Waals surface area contributed by atoms with Crippen LogP contribution < -0.4 is 5.73 Å². The van der Waals surface area contributed by atoms with E-state index in [2.05, 4.69) is 10.1 Å². The summed E-state index contributed by atoms with van der Waals surface area (Å²) in [6.45, 7) is 3.34. The fourth-order valence-corrected chi connectivity index (χ4v) is 2.27. The minimum Gasteiger partial charge on any atom is -0.330 e. The lowest BCUT2D eigenvalue weighted by atomic mass is 10.5. The SMILES string of the molecule is CCn1ncnc1CS(=O)CCCN. The first kappa shape index (κ1) is 11.3. The summed E-state index contributed by atoms with van der Waals surface area (Å²) in [5.74, 6) is 1.92. The molecule has 1 rings (SSSR count). The molecule has 0 radical (unpaired) electrons. The maximum Gasteiger partial charge on any atom is 0.139 e. The first-order chi connectivity index (χ1) is 6.77. The van der Waals surface area contributed by atoms with E-state index in [9.17, 15) is 4.21 Å². The summed E-state index contributed by atoms with van der Waals surface area (Å²) in [5.41, 5.74) is 5.34. The molecule has 5 nitrogen and oxygen atoms in total. The molecule has 1 unspecified atom stereocenters. The predicted octanol–water partition coefficient (Wildman–Crippen LogP) is -0.104. The number of nitrogens with zero attached hydrogens (tertiary/aromatic N) is 3. The Balaban J connectivity index is 2.47. The summed E-state index contributed by atoms with van der Waals surface area (Å²) in [4.78, 5) is 4.06. The molecule has 1 aromatic rings. The first-order valence-corrected chi connectivity index (χ1v) is 6.18. The number of rotatable bonds is 6. The normalized spacial score (nSPS) is 13.0. The summed E-state index contributed by atoms with van der Waals surface area (Å²) in [7, 11) is -0.864. The van der Waals surface area contributed by atoms with Crippen molar-refractivity contribution in [3.05, 3.63) is 12.2 Å². The topological polar surface area (TPSA) is 73.8 Å². The van der Waals surface area contributed by atoms with E-state index in [1.54, 1.807) is 4.68 Å². The highest BCUT2D eigenvalue weighted by molar-refractivity contribution is 7.84. The minimum absolute atomic E-state index is 0.480. The van der Waals surface area contributed by atoms with E-state index in [-0.39, 0.29) is 0 Å². The lowest BCUT2D eigenvalue weighted by Crippen LogP contribution is -2.11. The molecule has 0 fully saturated rings. The molecule has 0 aliphatic heterocycles. The third-order valence-electron chi connectivity index (χ3n) is 1.86. The fourth-order valence-electron chi connectivity index (χ4n) is 1.12. The molecule has 80 valence electrons. The van der Waals surface area contributed by atoms with E-state index >= 15 is 0 Å². The van der Waals surface area contributed by atoms with Gasteiger partial charge in [-0.1, -0.05) is 0 Å². The van der Waals surface area contributed by atoms with Gasteiger partial charge in [-0.25, -0.2) is 9.67 Å². The van der Waals surface area contributed by atoms with Crippen LogP contribution in [0.2, 0.25) is 0 Å². The maximum absolute atomic E-state index is 11.5. The van der Waals surface area contributed by atoms with Crippen molar-refractivity contribution in [3.63, 3.8) is 0 Å². The highest BCUT2D eigenvalue weighted by atomic mass is 32.2. The van der Waals surface area contributed by atoms with E-state index in [1.807, 2.05) is 6.92 Å². The molecule has 0 bridgehead atoms. The van der Waals surface area contributed by atoms with Gasteiger partial charge in [-0.15, -0.1) is 0 Å². The van der Waals surface area contributed by atoms with Crippen molar-refractivity contribution in [1.29, 1.82) is 0 Å². The van der Waals surface area contributed by atoms with Gasteiger partial charge in [0.1, 0.15) is 12.2 Å². The number of aryl methyl sites for hydroxylation is 1. The van der Waals surface area contributed by atoms with Gasteiger partial charge in [-0.05, 0) is 19.9 Å². The average Bonchev–Trinajstić information content (AvgIpc) is 2.62. The van der Waals surface area contributed by atoms with Gasteiger partial charge in [0, 0.05) is 23.1 Å². The predicted molar refractivity (Wildman–Crippen MR) is 56.1 cm³/mol. The third kappa shape index (κ3) is 3.19. The van der Waals surface area contributed by atoms with Crippen molar-refractivity contribution >= 4 is 10.8 Å². The standard InChI is InChI=1S/C8H16N4OS/c1-2-12-8(10-7-11-12)6-14(13)5-3-4-9/h7H,2-6,9H2,1H3. The van der Waals surface area contributed by atoms with E-state index in [0.717, 1.165) is 18.8 Å². The van der Waals surface area contributed by atoms with Gasteiger partial charge in [0.25, 0.3) is 0 Å². The molecule has 0 amide bonds. The van der Waals surface area contributed by atoms with Crippen molar-refractivity contribution in [1.82, 2.24) is 14.8 Å². The Kier molecular flexibility index (Phi) is 4.75. The highest BCUT2D eigenvalue weighted by Gasteiger charge is 2.07. The Bertz CT molecular complexity index is 299. The second-order valence-corrected chi connectivity index (χ2v) is 4.50. The molecule has 0 spiro atoms. The van der Waals surface area contributed by atoms with Crippen LogP contribution in [-0.4, -0.2) is 31.3 Å². The van der Waals surface area contributed by atoms with E-state index in [0.29, 0.717) is 18.1 Å². The largest absolute Gasteiger partial charge is 0.330 e. The van der Waals surface area contributed by atoms with Crippen molar-refractivity contribution in [2.75, 3.05) is 12.3 Å². The van der Waals surface area contributed by atoms with Crippen molar-refractivity contribution in [2.45, 2.75) is 25.6 Å². The quantitative estimate of drug-likeness (QED) is 0.720. The molecular weight excluding hydrogens is 200 g/mol. The number of hydrogen-bond donors (Lipinski definition) is 1. The molecule has 14 heavy (non-hydrogen) atoms. The monoisotopic (exact) mass is 216 g/mol.